The number of para-hydroxylation sites is 1. The summed E-state index contributed by atoms with van der Waals surface area (Å²) in [6.07, 6.45) is -4.62. The number of ether oxygens (including phenoxy) is 1. The van der Waals surface area contributed by atoms with Gasteiger partial charge in [0.2, 0.25) is 5.91 Å². The lowest BCUT2D eigenvalue weighted by Crippen LogP contribution is -2.40. The highest BCUT2D eigenvalue weighted by molar-refractivity contribution is 7.13. The number of rotatable bonds is 8. The van der Waals surface area contributed by atoms with Crippen LogP contribution in [0.1, 0.15) is 21.6 Å². The van der Waals surface area contributed by atoms with Crippen molar-refractivity contribution in [1.82, 2.24) is 9.88 Å². The predicted octanol–water partition coefficient (Wildman–Crippen LogP) is 4.86. The summed E-state index contributed by atoms with van der Waals surface area (Å²) in [5.74, 6) is -1.27. The molecule has 1 N–H and O–H groups in total. The van der Waals surface area contributed by atoms with Gasteiger partial charge in [0.05, 0.1) is 17.9 Å². The van der Waals surface area contributed by atoms with E-state index in [1.807, 2.05) is 31.2 Å². The van der Waals surface area contributed by atoms with Crippen molar-refractivity contribution in [3.05, 3.63) is 70.7 Å². The third-order valence-corrected chi connectivity index (χ3v) is 5.61. The lowest BCUT2D eigenvalue weighted by molar-refractivity contribution is -0.137. The molecule has 3 rings (SSSR count). The monoisotopic (exact) mass is 477 g/mol. The summed E-state index contributed by atoms with van der Waals surface area (Å²) in [7, 11) is 1.45. The number of benzene rings is 2. The van der Waals surface area contributed by atoms with E-state index in [-0.39, 0.29) is 24.5 Å². The zero-order valence-corrected chi connectivity index (χ0v) is 18.8. The molecule has 0 atom stereocenters. The molecule has 2 aromatic carbocycles. The van der Waals surface area contributed by atoms with E-state index in [1.165, 1.54) is 35.5 Å². The molecule has 0 radical (unpaired) electrons. The Morgan fingerprint density at radius 3 is 2.48 bits per heavy atom. The average Bonchev–Trinajstić information content (AvgIpc) is 3.26. The number of aromatic nitrogens is 1. The van der Waals surface area contributed by atoms with Crippen molar-refractivity contribution in [3.63, 3.8) is 0 Å². The van der Waals surface area contributed by atoms with Gasteiger partial charge in [0, 0.05) is 24.6 Å². The van der Waals surface area contributed by atoms with Crippen molar-refractivity contribution in [2.45, 2.75) is 13.1 Å². The Balaban J connectivity index is 1.75. The number of thiazole rings is 1. The Bertz CT molecular complexity index is 1110. The first kappa shape index (κ1) is 24.4. The maximum Gasteiger partial charge on any atom is 0.418 e. The quantitative estimate of drug-likeness (QED) is 0.503. The normalized spacial score (nSPS) is 11.3. The van der Waals surface area contributed by atoms with Crippen LogP contribution in [0.5, 0.6) is 0 Å². The van der Waals surface area contributed by atoms with Gasteiger partial charge in [-0.25, -0.2) is 4.98 Å². The van der Waals surface area contributed by atoms with E-state index < -0.39 is 30.1 Å². The van der Waals surface area contributed by atoms with Crippen LogP contribution in [0, 0.1) is 6.92 Å². The van der Waals surface area contributed by atoms with Crippen molar-refractivity contribution in [2.24, 2.45) is 0 Å². The number of hydrogen-bond donors (Lipinski definition) is 1. The van der Waals surface area contributed by atoms with E-state index in [1.54, 1.807) is 5.38 Å². The summed E-state index contributed by atoms with van der Waals surface area (Å²) in [4.78, 5) is 31.1. The number of aryl methyl sites for hydroxylation is 1. The lowest BCUT2D eigenvalue weighted by atomic mass is 10.1. The third-order valence-electron chi connectivity index (χ3n) is 4.72. The van der Waals surface area contributed by atoms with Gasteiger partial charge in [0.25, 0.3) is 5.91 Å². The minimum absolute atomic E-state index is 0.0705. The summed E-state index contributed by atoms with van der Waals surface area (Å²) in [6, 6.07) is 12.3. The number of amides is 2. The second kappa shape index (κ2) is 10.6. The van der Waals surface area contributed by atoms with E-state index in [9.17, 15) is 22.8 Å². The molecule has 0 bridgehead atoms. The fourth-order valence-electron chi connectivity index (χ4n) is 3.02. The lowest BCUT2D eigenvalue weighted by Gasteiger charge is -2.21. The van der Waals surface area contributed by atoms with Crippen LogP contribution in [0.25, 0.3) is 10.6 Å². The molecule has 1 aromatic heterocycles. The maximum absolute atomic E-state index is 13.2. The molecule has 0 fully saturated rings. The predicted molar refractivity (Wildman–Crippen MR) is 120 cm³/mol. The Kier molecular flexibility index (Phi) is 7.83. The number of nitrogens with one attached hydrogen (secondary N) is 1. The van der Waals surface area contributed by atoms with Crippen LogP contribution in [0.15, 0.2) is 53.9 Å². The molecule has 0 saturated heterocycles. The van der Waals surface area contributed by atoms with E-state index in [0.717, 1.165) is 23.3 Å². The van der Waals surface area contributed by atoms with Crippen molar-refractivity contribution in [1.29, 1.82) is 0 Å². The number of carbonyl (C=O) groups is 2. The first-order chi connectivity index (χ1) is 15.7. The summed E-state index contributed by atoms with van der Waals surface area (Å²) < 4.78 is 44.6. The fourth-order valence-corrected chi connectivity index (χ4v) is 3.82. The van der Waals surface area contributed by atoms with Gasteiger partial charge in [0.15, 0.2) is 0 Å². The molecule has 0 aliphatic rings. The van der Waals surface area contributed by atoms with Gasteiger partial charge >= 0.3 is 6.18 Å². The standard InChI is InChI=1S/C23H22F3N3O3S/c1-15-7-9-16(10-8-15)21-28-19(14-33-21)22(31)29(11-12-32-2)13-20(30)27-18-6-4-3-5-17(18)23(24,25)26/h3-10,14H,11-13H2,1-2H3,(H,27,30). The summed E-state index contributed by atoms with van der Waals surface area (Å²) in [6.45, 7) is 1.73. The van der Waals surface area contributed by atoms with Crippen molar-refractivity contribution < 1.29 is 27.5 Å². The summed E-state index contributed by atoms with van der Waals surface area (Å²) in [5, 5.41) is 4.49. The smallest absolute Gasteiger partial charge is 0.383 e. The second-order valence-electron chi connectivity index (χ2n) is 7.21. The van der Waals surface area contributed by atoms with Crippen molar-refractivity contribution in [2.75, 3.05) is 32.1 Å². The van der Waals surface area contributed by atoms with E-state index >= 15 is 0 Å². The summed E-state index contributed by atoms with van der Waals surface area (Å²) in [5.41, 5.74) is 0.764. The summed E-state index contributed by atoms with van der Waals surface area (Å²) >= 11 is 1.29. The number of methoxy groups -OCH3 is 1. The molecule has 0 unspecified atom stereocenters. The molecule has 33 heavy (non-hydrogen) atoms. The first-order valence-corrected chi connectivity index (χ1v) is 10.8. The molecule has 0 aliphatic carbocycles. The number of anilines is 1. The highest BCUT2D eigenvalue weighted by atomic mass is 32.1. The number of hydrogen-bond acceptors (Lipinski definition) is 5. The molecule has 2 amide bonds. The third kappa shape index (κ3) is 6.39. The largest absolute Gasteiger partial charge is 0.418 e. The molecule has 3 aromatic rings. The van der Waals surface area contributed by atoms with Crippen LogP contribution in [0.2, 0.25) is 0 Å². The molecular formula is C23H22F3N3O3S. The Hall–Kier alpha value is -3.24. The van der Waals surface area contributed by atoms with E-state index in [0.29, 0.717) is 5.01 Å². The van der Waals surface area contributed by atoms with Gasteiger partial charge in [-0.05, 0) is 19.1 Å². The topological polar surface area (TPSA) is 71.5 Å². The highest BCUT2D eigenvalue weighted by Gasteiger charge is 2.33. The van der Waals surface area contributed by atoms with Gasteiger partial charge in [-0.1, -0.05) is 42.0 Å². The van der Waals surface area contributed by atoms with Crippen molar-refractivity contribution >= 4 is 28.8 Å². The number of alkyl halides is 3. The van der Waals surface area contributed by atoms with Gasteiger partial charge in [0.1, 0.15) is 17.2 Å². The molecular weight excluding hydrogens is 455 g/mol. The number of carbonyl (C=O) groups excluding carboxylic acids is 2. The Morgan fingerprint density at radius 2 is 1.82 bits per heavy atom. The molecule has 0 aliphatic heterocycles. The van der Waals surface area contributed by atoms with E-state index in [2.05, 4.69) is 10.3 Å². The Morgan fingerprint density at radius 1 is 1.12 bits per heavy atom. The molecule has 0 spiro atoms. The molecule has 10 heteroatoms. The fraction of sp³-hybridized carbons (Fsp3) is 0.261. The maximum atomic E-state index is 13.2. The van der Waals surface area contributed by atoms with Gasteiger partial charge in [-0.3, -0.25) is 9.59 Å². The van der Waals surface area contributed by atoms with Crippen LogP contribution >= 0.6 is 11.3 Å². The molecule has 0 saturated carbocycles. The zero-order valence-electron chi connectivity index (χ0n) is 18.0. The van der Waals surface area contributed by atoms with Crippen LogP contribution in [0.3, 0.4) is 0 Å². The van der Waals surface area contributed by atoms with Crippen LogP contribution in [-0.4, -0.2) is 48.5 Å². The van der Waals surface area contributed by atoms with Gasteiger partial charge in [-0.15, -0.1) is 11.3 Å². The van der Waals surface area contributed by atoms with Crippen LogP contribution in [-0.2, 0) is 15.7 Å². The van der Waals surface area contributed by atoms with Crippen LogP contribution < -0.4 is 5.32 Å². The Labute approximate surface area is 193 Å². The SMILES string of the molecule is COCCN(CC(=O)Nc1ccccc1C(F)(F)F)C(=O)c1csc(-c2ccc(C)cc2)n1. The average molecular weight is 478 g/mol. The minimum Gasteiger partial charge on any atom is -0.383 e. The first-order valence-electron chi connectivity index (χ1n) is 9.96. The molecule has 1 heterocycles. The van der Waals surface area contributed by atoms with E-state index in [4.69, 9.17) is 4.74 Å². The zero-order chi connectivity index (χ0) is 24.0. The van der Waals surface area contributed by atoms with Gasteiger partial charge in [-0.2, -0.15) is 13.2 Å². The number of nitrogens with zero attached hydrogens (tertiary/aromatic N) is 2. The number of halogens is 3. The highest BCUT2D eigenvalue weighted by Crippen LogP contribution is 2.34. The molecule has 6 nitrogen and oxygen atoms in total. The van der Waals surface area contributed by atoms with Crippen molar-refractivity contribution in [3.8, 4) is 10.6 Å². The molecule has 174 valence electrons. The minimum atomic E-state index is -4.62. The van der Waals surface area contributed by atoms with Gasteiger partial charge < -0.3 is 15.0 Å². The second-order valence-corrected chi connectivity index (χ2v) is 8.07. The van der Waals surface area contributed by atoms with Crippen LogP contribution in [0.4, 0.5) is 18.9 Å².